The summed E-state index contributed by atoms with van der Waals surface area (Å²) in [6, 6.07) is 17.3. The van der Waals surface area contributed by atoms with Crippen LogP contribution in [0.4, 0.5) is 15.8 Å². The lowest BCUT2D eigenvalue weighted by molar-refractivity contribution is 0.0747. The van der Waals surface area contributed by atoms with Crippen LogP contribution in [0.25, 0.3) is 0 Å². The Balaban J connectivity index is 1.42. The van der Waals surface area contributed by atoms with E-state index in [0.717, 1.165) is 11.3 Å². The van der Waals surface area contributed by atoms with Gasteiger partial charge in [-0.25, -0.2) is 12.8 Å². The topological polar surface area (TPSA) is 69.7 Å². The van der Waals surface area contributed by atoms with Gasteiger partial charge < -0.3 is 9.80 Å². The van der Waals surface area contributed by atoms with Crippen molar-refractivity contribution in [1.29, 1.82) is 0 Å². The van der Waals surface area contributed by atoms with Crippen molar-refractivity contribution in [3.8, 4) is 0 Å². The Morgan fingerprint density at radius 2 is 1.58 bits per heavy atom. The molecule has 3 aromatic carbocycles. The predicted molar refractivity (Wildman–Crippen MR) is 128 cm³/mol. The molecule has 1 saturated heterocycles. The molecule has 0 radical (unpaired) electrons. The van der Waals surface area contributed by atoms with Crippen LogP contribution in [-0.2, 0) is 10.0 Å². The minimum atomic E-state index is -3.80. The summed E-state index contributed by atoms with van der Waals surface area (Å²) in [5.41, 5.74) is 2.45. The second-order valence-corrected chi connectivity index (χ2v) is 9.96. The summed E-state index contributed by atoms with van der Waals surface area (Å²) in [5, 5.41) is 0.140. The zero-order chi connectivity index (χ0) is 23.6. The molecule has 6 nitrogen and oxygen atoms in total. The Morgan fingerprint density at radius 1 is 0.939 bits per heavy atom. The molecule has 0 bridgehead atoms. The van der Waals surface area contributed by atoms with E-state index in [9.17, 15) is 17.6 Å². The molecule has 9 heteroatoms. The number of rotatable bonds is 5. The molecule has 0 saturated carbocycles. The van der Waals surface area contributed by atoms with Crippen molar-refractivity contribution in [3.05, 3.63) is 88.7 Å². The summed E-state index contributed by atoms with van der Waals surface area (Å²) in [4.78, 5) is 16.9. The fourth-order valence-electron chi connectivity index (χ4n) is 3.65. The van der Waals surface area contributed by atoms with Gasteiger partial charge in [-0.3, -0.25) is 9.52 Å². The zero-order valence-corrected chi connectivity index (χ0v) is 19.5. The number of aryl methyl sites for hydroxylation is 1. The predicted octanol–water partition coefficient (Wildman–Crippen LogP) is 4.55. The van der Waals surface area contributed by atoms with Gasteiger partial charge in [0, 0.05) is 37.4 Å². The van der Waals surface area contributed by atoms with E-state index in [1.54, 1.807) is 35.2 Å². The minimum Gasteiger partial charge on any atom is -0.368 e. The fourth-order valence-corrected chi connectivity index (χ4v) is 5.02. The van der Waals surface area contributed by atoms with E-state index in [-0.39, 0.29) is 27.3 Å². The third-order valence-corrected chi connectivity index (χ3v) is 7.24. The summed E-state index contributed by atoms with van der Waals surface area (Å²) in [7, 11) is -3.80. The van der Waals surface area contributed by atoms with Crippen LogP contribution in [-0.4, -0.2) is 45.4 Å². The van der Waals surface area contributed by atoms with Crippen molar-refractivity contribution in [2.24, 2.45) is 0 Å². The number of carbonyl (C=O) groups excluding carboxylic acids is 1. The number of piperazine rings is 1. The van der Waals surface area contributed by atoms with Crippen LogP contribution in [0, 0.1) is 12.7 Å². The average molecular weight is 488 g/mol. The number of nitrogens with one attached hydrogen (secondary N) is 1. The summed E-state index contributed by atoms with van der Waals surface area (Å²) >= 11 is 6.31. The maximum atomic E-state index is 13.1. The van der Waals surface area contributed by atoms with Crippen LogP contribution in [0.3, 0.4) is 0 Å². The molecule has 3 aromatic rings. The molecule has 1 amide bonds. The summed E-state index contributed by atoms with van der Waals surface area (Å²) in [6.07, 6.45) is 0. The van der Waals surface area contributed by atoms with E-state index >= 15 is 0 Å². The highest BCUT2D eigenvalue weighted by Crippen LogP contribution is 2.27. The largest absolute Gasteiger partial charge is 0.368 e. The lowest BCUT2D eigenvalue weighted by atomic mass is 10.1. The summed E-state index contributed by atoms with van der Waals surface area (Å²) in [6.45, 7) is 4.14. The zero-order valence-electron chi connectivity index (χ0n) is 18.0. The molecule has 1 N–H and O–H groups in total. The number of halogens is 2. The van der Waals surface area contributed by atoms with Gasteiger partial charge in [0.2, 0.25) is 0 Å². The maximum Gasteiger partial charge on any atom is 0.261 e. The van der Waals surface area contributed by atoms with E-state index in [0.29, 0.717) is 31.7 Å². The highest BCUT2D eigenvalue weighted by molar-refractivity contribution is 7.92. The highest BCUT2D eigenvalue weighted by atomic mass is 35.5. The van der Waals surface area contributed by atoms with Crippen molar-refractivity contribution in [2.75, 3.05) is 35.8 Å². The quantitative estimate of drug-likeness (QED) is 0.573. The molecule has 0 aliphatic carbocycles. The molecular weight excluding hydrogens is 465 g/mol. The SMILES string of the molecule is Cc1ccc(S(=O)(=O)Nc2ccc(C(=O)N3CCN(c4ccc(F)cc4)CC3)cc2Cl)cc1. The van der Waals surface area contributed by atoms with Crippen LogP contribution >= 0.6 is 11.6 Å². The molecule has 1 heterocycles. The molecule has 1 aliphatic heterocycles. The first-order chi connectivity index (χ1) is 15.7. The molecule has 0 unspecified atom stereocenters. The van der Waals surface area contributed by atoms with Crippen molar-refractivity contribution in [3.63, 3.8) is 0 Å². The molecule has 33 heavy (non-hydrogen) atoms. The number of hydrogen-bond acceptors (Lipinski definition) is 4. The number of nitrogens with zero attached hydrogens (tertiary/aromatic N) is 2. The summed E-state index contributed by atoms with van der Waals surface area (Å²) in [5.74, 6) is -0.461. The van der Waals surface area contributed by atoms with Gasteiger partial charge in [-0.2, -0.15) is 0 Å². The normalized spacial score (nSPS) is 14.3. The first kappa shape index (κ1) is 23.1. The van der Waals surface area contributed by atoms with E-state index in [2.05, 4.69) is 9.62 Å². The lowest BCUT2D eigenvalue weighted by Crippen LogP contribution is -2.48. The van der Waals surface area contributed by atoms with E-state index in [4.69, 9.17) is 11.6 Å². The number of sulfonamides is 1. The average Bonchev–Trinajstić information content (AvgIpc) is 2.81. The third-order valence-electron chi connectivity index (χ3n) is 5.55. The molecule has 4 rings (SSSR count). The van der Waals surface area contributed by atoms with Gasteiger partial charge in [0.1, 0.15) is 5.82 Å². The van der Waals surface area contributed by atoms with E-state index in [1.807, 2.05) is 6.92 Å². The number of carbonyl (C=O) groups is 1. The summed E-state index contributed by atoms with van der Waals surface area (Å²) < 4.78 is 40.9. The monoisotopic (exact) mass is 487 g/mol. The molecule has 1 aliphatic rings. The Kier molecular flexibility index (Phi) is 6.58. The first-order valence-electron chi connectivity index (χ1n) is 10.4. The molecular formula is C24H23ClFN3O3S. The molecule has 0 aromatic heterocycles. The Labute approximate surface area is 197 Å². The second kappa shape index (κ2) is 9.41. The van der Waals surface area contributed by atoms with Gasteiger partial charge in [0.25, 0.3) is 15.9 Å². The second-order valence-electron chi connectivity index (χ2n) is 7.87. The number of amides is 1. The standard InChI is InChI=1S/C24H23ClFN3O3S/c1-17-2-9-21(10-3-17)33(31,32)27-23-11-4-18(16-22(23)25)24(30)29-14-12-28(13-15-29)20-7-5-19(26)6-8-20/h2-11,16,27H,12-15H2,1H3. The van der Waals surface area contributed by atoms with Gasteiger partial charge in [0.15, 0.2) is 0 Å². The highest BCUT2D eigenvalue weighted by Gasteiger charge is 2.23. The molecule has 1 fully saturated rings. The van der Waals surface area contributed by atoms with Crippen LogP contribution in [0.5, 0.6) is 0 Å². The van der Waals surface area contributed by atoms with Crippen LogP contribution in [0.1, 0.15) is 15.9 Å². The van der Waals surface area contributed by atoms with Crippen molar-refractivity contribution in [2.45, 2.75) is 11.8 Å². The van der Waals surface area contributed by atoms with Gasteiger partial charge >= 0.3 is 0 Å². The Morgan fingerprint density at radius 3 is 2.18 bits per heavy atom. The Hall–Kier alpha value is -3.10. The van der Waals surface area contributed by atoms with Gasteiger partial charge in [-0.1, -0.05) is 29.3 Å². The van der Waals surface area contributed by atoms with Gasteiger partial charge in [-0.15, -0.1) is 0 Å². The van der Waals surface area contributed by atoms with E-state index in [1.165, 1.54) is 36.4 Å². The molecule has 0 atom stereocenters. The molecule has 0 spiro atoms. The van der Waals surface area contributed by atoms with Gasteiger partial charge in [0.05, 0.1) is 15.6 Å². The fraction of sp³-hybridized carbons (Fsp3) is 0.208. The molecule has 172 valence electrons. The smallest absolute Gasteiger partial charge is 0.261 e. The number of hydrogen-bond donors (Lipinski definition) is 1. The number of anilines is 2. The lowest BCUT2D eigenvalue weighted by Gasteiger charge is -2.36. The third kappa shape index (κ3) is 5.29. The van der Waals surface area contributed by atoms with Crippen molar-refractivity contribution < 1.29 is 17.6 Å². The van der Waals surface area contributed by atoms with Gasteiger partial charge in [-0.05, 0) is 61.5 Å². The first-order valence-corrected chi connectivity index (χ1v) is 12.3. The maximum absolute atomic E-state index is 13.1. The Bertz CT molecular complexity index is 1260. The number of benzene rings is 3. The van der Waals surface area contributed by atoms with Crippen LogP contribution in [0.2, 0.25) is 5.02 Å². The van der Waals surface area contributed by atoms with Crippen LogP contribution < -0.4 is 9.62 Å². The van der Waals surface area contributed by atoms with Crippen molar-refractivity contribution >= 4 is 38.9 Å². The van der Waals surface area contributed by atoms with E-state index < -0.39 is 10.0 Å². The minimum absolute atomic E-state index is 0.128. The van der Waals surface area contributed by atoms with Crippen molar-refractivity contribution in [1.82, 2.24) is 4.90 Å². The van der Waals surface area contributed by atoms with Crippen LogP contribution in [0.15, 0.2) is 71.6 Å².